The van der Waals surface area contributed by atoms with Crippen molar-refractivity contribution < 1.29 is 9.84 Å². The molecule has 17 heavy (non-hydrogen) atoms. The van der Waals surface area contributed by atoms with Crippen molar-refractivity contribution >= 4 is 12.6 Å². The third kappa shape index (κ3) is 3.91. The molecule has 0 amide bonds. The lowest BCUT2D eigenvalue weighted by Crippen LogP contribution is -2.36. The van der Waals surface area contributed by atoms with Gasteiger partial charge in [0.15, 0.2) is 0 Å². The Labute approximate surface area is 108 Å². The van der Waals surface area contributed by atoms with E-state index >= 15 is 0 Å². The third-order valence-corrected chi connectivity index (χ3v) is 3.37. The summed E-state index contributed by atoms with van der Waals surface area (Å²) in [5, 5.41) is 9.75. The van der Waals surface area contributed by atoms with E-state index in [9.17, 15) is 5.11 Å². The fourth-order valence-electron chi connectivity index (χ4n) is 2.08. The number of rotatable bonds is 4. The van der Waals surface area contributed by atoms with Crippen molar-refractivity contribution in [2.75, 3.05) is 32.8 Å². The lowest BCUT2D eigenvalue weighted by molar-refractivity contribution is 0.0374. The maximum absolute atomic E-state index is 9.75. The summed E-state index contributed by atoms with van der Waals surface area (Å²) in [4.78, 5) is 3.22. The summed E-state index contributed by atoms with van der Waals surface area (Å²) in [6, 6.07) is 5.58. The molecule has 1 heterocycles. The van der Waals surface area contributed by atoms with Gasteiger partial charge in [-0.25, -0.2) is 0 Å². The van der Waals surface area contributed by atoms with E-state index in [0.717, 1.165) is 56.1 Å². The van der Waals surface area contributed by atoms with Crippen LogP contribution in [0.4, 0.5) is 0 Å². The predicted octanol–water partition coefficient (Wildman–Crippen LogP) is 1.95. The number of ether oxygens (including phenoxy) is 1. The molecule has 94 valence electrons. The van der Waals surface area contributed by atoms with Gasteiger partial charge < -0.3 is 9.84 Å². The van der Waals surface area contributed by atoms with Crippen molar-refractivity contribution in [2.45, 2.75) is 17.7 Å². The second-order valence-electron chi connectivity index (χ2n) is 4.37. The number of morpholine rings is 1. The quantitative estimate of drug-likeness (QED) is 0.805. The van der Waals surface area contributed by atoms with Crippen LogP contribution in [0.25, 0.3) is 0 Å². The first-order valence-electron chi connectivity index (χ1n) is 6.06. The third-order valence-electron chi connectivity index (χ3n) is 3.09. The summed E-state index contributed by atoms with van der Waals surface area (Å²) in [7, 11) is 0. The standard InChI is InChI=1S/C13H19NO2S/c15-13-10-12(17)4-3-11(13)2-1-5-14-6-8-16-9-7-14/h3-4,10,15,17H,1-2,5-9H2. The molecule has 3 nitrogen and oxygen atoms in total. The number of hydrogen-bond acceptors (Lipinski definition) is 4. The number of phenolic OH excluding ortho intramolecular Hbond substituents is 1. The molecule has 1 aliphatic rings. The number of hydrogen-bond donors (Lipinski definition) is 2. The Hall–Kier alpha value is -0.710. The number of aromatic hydroxyl groups is 1. The van der Waals surface area contributed by atoms with Crippen LogP contribution in [0.15, 0.2) is 23.1 Å². The summed E-state index contributed by atoms with van der Waals surface area (Å²) in [6.45, 7) is 4.83. The normalized spacial score (nSPS) is 17.2. The maximum Gasteiger partial charge on any atom is 0.119 e. The molecule has 1 fully saturated rings. The first-order valence-corrected chi connectivity index (χ1v) is 6.51. The lowest BCUT2D eigenvalue weighted by Gasteiger charge is -2.26. The van der Waals surface area contributed by atoms with E-state index in [1.807, 2.05) is 12.1 Å². The highest BCUT2D eigenvalue weighted by Gasteiger charge is 2.10. The first kappa shape index (κ1) is 12.7. The van der Waals surface area contributed by atoms with Gasteiger partial charge in [-0.3, -0.25) is 4.90 Å². The van der Waals surface area contributed by atoms with E-state index in [4.69, 9.17) is 4.74 Å². The fourth-order valence-corrected chi connectivity index (χ4v) is 2.28. The maximum atomic E-state index is 9.75. The minimum atomic E-state index is 0.361. The van der Waals surface area contributed by atoms with Crippen LogP contribution < -0.4 is 0 Å². The SMILES string of the molecule is Oc1cc(S)ccc1CCCN1CCOCC1. The van der Waals surface area contributed by atoms with Gasteiger partial charge >= 0.3 is 0 Å². The van der Waals surface area contributed by atoms with Gasteiger partial charge in [0.2, 0.25) is 0 Å². The van der Waals surface area contributed by atoms with E-state index in [1.165, 1.54) is 0 Å². The van der Waals surface area contributed by atoms with Crippen molar-refractivity contribution in [3.63, 3.8) is 0 Å². The smallest absolute Gasteiger partial charge is 0.119 e. The van der Waals surface area contributed by atoms with Crippen LogP contribution in [-0.4, -0.2) is 42.9 Å². The molecule has 4 heteroatoms. The van der Waals surface area contributed by atoms with E-state index < -0.39 is 0 Å². The molecule has 0 radical (unpaired) electrons. The summed E-state index contributed by atoms with van der Waals surface area (Å²) in [5.74, 6) is 0.361. The van der Waals surface area contributed by atoms with Gasteiger partial charge in [-0.1, -0.05) is 6.07 Å². The molecule has 1 aromatic carbocycles. The molecule has 1 aliphatic heterocycles. The molecular weight excluding hydrogens is 234 g/mol. The first-order chi connectivity index (χ1) is 8.25. The summed E-state index contributed by atoms with van der Waals surface area (Å²) < 4.78 is 5.31. The second-order valence-corrected chi connectivity index (χ2v) is 4.89. The van der Waals surface area contributed by atoms with Crippen LogP contribution in [0.5, 0.6) is 5.75 Å². The highest BCUT2D eigenvalue weighted by Crippen LogP contribution is 2.22. The van der Waals surface area contributed by atoms with Gasteiger partial charge in [-0.15, -0.1) is 12.6 Å². The molecular formula is C13H19NO2S. The second kappa shape index (κ2) is 6.28. The molecule has 1 saturated heterocycles. The molecule has 0 aliphatic carbocycles. The van der Waals surface area contributed by atoms with Crippen LogP contribution in [0.2, 0.25) is 0 Å². The Morgan fingerprint density at radius 1 is 1.29 bits per heavy atom. The highest BCUT2D eigenvalue weighted by atomic mass is 32.1. The minimum absolute atomic E-state index is 0.361. The summed E-state index contributed by atoms with van der Waals surface area (Å²) in [5.41, 5.74) is 1.01. The molecule has 0 aromatic heterocycles. The lowest BCUT2D eigenvalue weighted by atomic mass is 10.1. The Morgan fingerprint density at radius 3 is 2.76 bits per heavy atom. The van der Waals surface area contributed by atoms with Crippen molar-refractivity contribution in [2.24, 2.45) is 0 Å². The zero-order valence-corrected chi connectivity index (χ0v) is 10.8. The summed E-state index contributed by atoms with van der Waals surface area (Å²) in [6.07, 6.45) is 1.98. The van der Waals surface area contributed by atoms with Crippen LogP contribution in [0, 0.1) is 0 Å². The van der Waals surface area contributed by atoms with Crippen molar-refractivity contribution in [1.82, 2.24) is 4.90 Å². The van der Waals surface area contributed by atoms with Crippen molar-refractivity contribution in [3.05, 3.63) is 23.8 Å². The predicted molar refractivity (Wildman–Crippen MR) is 70.9 cm³/mol. The van der Waals surface area contributed by atoms with Crippen molar-refractivity contribution in [1.29, 1.82) is 0 Å². The number of benzene rings is 1. The van der Waals surface area contributed by atoms with Crippen LogP contribution in [-0.2, 0) is 11.2 Å². The van der Waals surface area contributed by atoms with Gasteiger partial charge in [0.05, 0.1) is 13.2 Å². The number of thiol groups is 1. The molecule has 0 atom stereocenters. The zero-order chi connectivity index (χ0) is 12.1. The Balaban J connectivity index is 1.77. The Kier molecular flexibility index (Phi) is 4.71. The summed E-state index contributed by atoms with van der Waals surface area (Å²) >= 11 is 4.19. The number of phenols is 1. The topological polar surface area (TPSA) is 32.7 Å². The van der Waals surface area contributed by atoms with E-state index in [2.05, 4.69) is 17.5 Å². The van der Waals surface area contributed by atoms with Crippen LogP contribution in [0.1, 0.15) is 12.0 Å². The molecule has 1 aromatic rings. The fraction of sp³-hybridized carbons (Fsp3) is 0.538. The largest absolute Gasteiger partial charge is 0.508 e. The zero-order valence-electron chi connectivity index (χ0n) is 9.93. The average molecular weight is 253 g/mol. The highest BCUT2D eigenvalue weighted by molar-refractivity contribution is 7.80. The molecule has 0 spiro atoms. The molecule has 0 unspecified atom stereocenters. The van der Waals surface area contributed by atoms with Gasteiger partial charge in [0.25, 0.3) is 0 Å². The van der Waals surface area contributed by atoms with E-state index in [1.54, 1.807) is 6.07 Å². The Morgan fingerprint density at radius 2 is 2.06 bits per heavy atom. The number of aryl methyl sites for hydroxylation is 1. The van der Waals surface area contributed by atoms with Gasteiger partial charge in [0.1, 0.15) is 5.75 Å². The number of nitrogens with zero attached hydrogens (tertiary/aromatic N) is 1. The van der Waals surface area contributed by atoms with Crippen molar-refractivity contribution in [3.8, 4) is 5.75 Å². The molecule has 2 rings (SSSR count). The minimum Gasteiger partial charge on any atom is -0.508 e. The van der Waals surface area contributed by atoms with Gasteiger partial charge in [-0.05, 0) is 37.1 Å². The molecule has 1 N–H and O–H groups in total. The average Bonchev–Trinajstić information content (AvgIpc) is 2.33. The van der Waals surface area contributed by atoms with Crippen LogP contribution >= 0.6 is 12.6 Å². The monoisotopic (exact) mass is 253 g/mol. The molecule has 0 bridgehead atoms. The van der Waals surface area contributed by atoms with Gasteiger partial charge in [0, 0.05) is 18.0 Å². The Bertz CT molecular complexity index is 364. The van der Waals surface area contributed by atoms with E-state index in [-0.39, 0.29) is 0 Å². The van der Waals surface area contributed by atoms with Crippen LogP contribution in [0.3, 0.4) is 0 Å². The molecule has 0 saturated carbocycles. The van der Waals surface area contributed by atoms with E-state index in [0.29, 0.717) is 5.75 Å². The van der Waals surface area contributed by atoms with Gasteiger partial charge in [-0.2, -0.15) is 0 Å².